The molecule has 13 nitrogen and oxygen atoms in total. The molecule has 260 valence electrons. The molecule has 0 saturated carbocycles. The number of thiophene rings is 2. The van der Waals surface area contributed by atoms with Gasteiger partial charge in [0.2, 0.25) is 0 Å². The van der Waals surface area contributed by atoms with E-state index < -0.39 is 21.9 Å². The second kappa shape index (κ2) is 12.8. The van der Waals surface area contributed by atoms with Gasteiger partial charge >= 0.3 is 10.1 Å². The lowest BCUT2D eigenvalue weighted by Crippen LogP contribution is -2.30. The van der Waals surface area contributed by atoms with E-state index in [-0.39, 0.29) is 50.4 Å². The number of benzene rings is 2. The highest BCUT2D eigenvalue weighted by atomic mass is 35.5. The summed E-state index contributed by atoms with van der Waals surface area (Å²) in [6.45, 7) is 0.307. The molecule has 51 heavy (non-hydrogen) atoms. The van der Waals surface area contributed by atoms with Crippen LogP contribution in [0.15, 0.2) is 67.0 Å². The Morgan fingerprint density at radius 3 is 1.82 bits per heavy atom. The largest absolute Gasteiger partial charge is 0.451 e. The maximum absolute atomic E-state index is 13.4. The van der Waals surface area contributed by atoms with E-state index in [0.717, 1.165) is 16.0 Å². The number of amides is 2. The number of carbonyl (C=O) groups is 2. The van der Waals surface area contributed by atoms with Gasteiger partial charge in [-0.05, 0) is 54.3 Å². The van der Waals surface area contributed by atoms with E-state index >= 15 is 0 Å². The van der Waals surface area contributed by atoms with Crippen LogP contribution >= 0.6 is 69.1 Å². The van der Waals surface area contributed by atoms with Crippen molar-refractivity contribution in [2.24, 2.45) is 0 Å². The van der Waals surface area contributed by atoms with Crippen molar-refractivity contribution in [1.82, 2.24) is 30.2 Å². The number of hydrogen-bond acceptors (Lipinski definition) is 10. The van der Waals surface area contributed by atoms with Crippen molar-refractivity contribution in [2.75, 3.05) is 13.1 Å². The smallest absolute Gasteiger partial charge is 0.304 e. The first-order valence-electron chi connectivity index (χ1n) is 14.7. The number of furan rings is 2. The van der Waals surface area contributed by atoms with E-state index in [2.05, 4.69) is 20.8 Å². The van der Waals surface area contributed by atoms with E-state index in [0.29, 0.717) is 54.2 Å². The first-order valence-corrected chi connectivity index (χ1v) is 19.3. The van der Waals surface area contributed by atoms with Crippen LogP contribution < -0.4 is 10.6 Å². The van der Waals surface area contributed by atoms with Gasteiger partial charge in [-0.25, -0.2) is 9.36 Å². The predicted octanol–water partition coefficient (Wildman–Crippen LogP) is 8.39. The average Bonchev–Trinajstić information content (AvgIpc) is 3.89. The van der Waals surface area contributed by atoms with Crippen LogP contribution in [0.1, 0.15) is 27.4 Å². The molecule has 0 aliphatic rings. The second-order valence-electron chi connectivity index (χ2n) is 11.0. The van der Waals surface area contributed by atoms with E-state index in [1.54, 1.807) is 35.0 Å². The van der Waals surface area contributed by atoms with Gasteiger partial charge in [0, 0.05) is 29.2 Å². The second-order valence-corrected chi connectivity index (χ2v) is 16.3. The summed E-state index contributed by atoms with van der Waals surface area (Å²) in [4.78, 5) is 26.8. The third-order valence-corrected chi connectivity index (χ3v) is 12.1. The monoisotopic (exact) mass is 822 g/mol. The first-order chi connectivity index (χ1) is 24.4. The molecule has 3 N–H and O–H groups in total. The summed E-state index contributed by atoms with van der Waals surface area (Å²) in [5, 5.41) is 17.8. The highest BCUT2D eigenvalue weighted by Gasteiger charge is 2.29. The van der Waals surface area contributed by atoms with Crippen LogP contribution in [0.5, 0.6) is 0 Å². The number of rotatable bonds is 9. The molecule has 6 heterocycles. The van der Waals surface area contributed by atoms with Gasteiger partial charge in [-0.3, -0.25) is 14.1 Å². The lowest BCUT2D eigenvalue weighted by Gasteiger charge is -2.07. The molecule has 0 spiro atoms. The Hall–Kier alpha value is -4.13. The van der Waals surface area contributed by atoms with Gasteiger partial charge in [0.1, 0.15) is 26.9 Å². The van der Waals surface area contributed by atoms with Gasteiger partial charge in [-0.15, -0.1) is 22.7 Å². The number of carbonyl (C=O) groups excluding carboxylic acids is 2. The van der Waals surface area contributed by atoms with Gasteiger partial charge in [-0.1, -0.05) is 46.4 Å². The van der Waals surface area contributed by atoms with Crippen molar-refractivity contribution < 1.29 is 31.4 Å². The zero-order valence-corrected chi connectivity index (χ0v) is 30.7. The van der Waals surface area contributed by atoms with E-state index in [4.69, 9.17) is 55.2 Å². The topological polar surface area (TPSA) is 174 Å². The summed E-state index contributed by atoms with van der Waals surface area (Å²) in [7, 11) is -4.52. The minimum absolute atomic E-state index is 0.0622. The van der Waals surface area contributed by atoms with Crippen LogP contribution in [0.2, 0.25) is 20.1 Å². The number of halogens is 4. The molecule has 2 amide bonds. The fourth-order valence-electron chi connectivity index (χ4n) is 5.50. The third-order valence-electron chi connectivity index (χ3n) is 7.73. The summed E-state index contributed by atoms with van der Waals surface area (Å²) in [6, 6.07) is 12.6. The molecule has 6 aromatic heterocycles. The standard InChI is InChI=1S/C31H18Cl4N6O7S3/c32-13-2-4-17(15(34)10-13)40-24-26(47-19-6-9-49-28(19)24)22(38-40)30(42)36-7-1-8-37-31(43)23-27-25(29-20(48-27)12-21(50-29)51(44,45)46)41(39-23)18-5-3-14(33)11-16(18)35/h2-6,9-12H,1,7-8H2,(H,36,42)(H,37,43)(H,44,45,46). The maximum atomic E-state index is 13.4. The summed E-state index contributed by atoms with van der Waals surface area (Å²) < 4.78 is 48.8. The van der Waals surface area contributed by atoms with Crippen molar-refractivity contribution in [3.05, 3.63) is 85.4 Å². The van der Waals surface area contributed by atoms with E-state index in [9.17, 15) is 22.6 Å². The van der Waals surface area contributed by atoms with Crippen LogP contribution in [0, 0.1) is 0 Å². The Morgan fingerprint density at radius 1 is 0.765 bits per heavy atom. The fraction of sp³-hybridized carbons (Fsp3) is 0.0968. The van der Waals surface area contributed by atoms with Gasteiger partial charge in [-0.2, -0.15) is 18.6 Å². The molecule has 0 saturated heterocycles. The highest BCUT2D eigenvalue weighted by Crippen LogP contribution is 2.41. The third kappa shape index (κ3) is 5.94. The van der Waals surface area contributed by atoms with Crippen molar-refractivity contribution in [3.63, 3.8) is 0 Å². The number of nitrogens with zero attached hydrogens (tertiary/aromatic N) is 4. The molecule has 0 radical (unpaired) electrons. The molecule has 0 aliphatic carbocycles. The molecule has 0 unspecified atom stereocenters. The predicted molar refractivity (Wildman–Crippen MR) is 197 cm³/mol. The molecule has 8 aromatic rings. The van der Waals surface area contributed by atoms with Crippen LogP contribution in [-0.4, -0.2) is 57.4 Å². The average molecular weight is 825 g/mol. The zero-order chi connectivity index (χ0) is 35.8. The normalized spacial score (nSPS) is 12.2. The molecule has 0 bridgehead atoms. The number of hydrogen-bond donors (Lipinski definition) is 3. The highest BCUT2D eigenvalue weighted by molar-refractivity contribution is 7.88. The SMILES string of the molecule is O=C(NCCCNC(=O)c1nn(-c2ccc(Cl)cc2Cl)c2c1oc1cc(S(=O)(=O)O)sc12)c1nn(-c2ccc(Cl)cc2Cl)c2c1oc1ccsc12. The Labute approximate surface area is 314 Å². The maximum Gasteiger partial charge on any atom is 0.304 e. The number of fused-ring (bicyclic) bond motifs is 6. The van der Waals surface area contributed by atoms with E-state index in [1.807, 2.05) is 11.4 Å². The fourth-order valence-corrected chi connectivity index (χ4v) is 9.10. The molecule has 0 aliphatic heterocycles. The van der Waals surface area contributed by atoms with Crippen molar-refractivity contribution in [2.45, 2.75) is 10.6 Å². The quantitative estimate of drug-likeness (QED) is 0.0954. The molecule has 2 aromatic carbocycles. The van der Waals surface area contributed by atoms with Gasteiger partial charge < -0.3 is 19.5 Å². The van der Waals surface area contributed by atoms with Crippen molar-refractivity contribution in [1.29, 1.82) is 0 Å². The van der Waals surface area contributed by atoms with Crippen LogP contribution in [-0.2, 0) is 10.1 Å². The number of aromatic nitrogens is 4. The molecule has 0 atom stereocenters. The molecule has 20 heteroatoms. The zero-order valence-electron chi connectivity index (χ0n) is 25.2. The molecule has 0 fully saturated rings. The van der Waals surface area contributed by atoms with Gasteiger partial charge in [0.15, 0.2) is 26.8 Å². The van der Waals surface area contributed by atoms with Crippen molar-refractivity contribution >= 4 is 134 Å². The van der Waals surface area contributed by atoms with Gasteiger partial charge in [0.05, 0.1) is 26.1 Å². The molecular formula is C31H18Cl4N6O7S3. The van der Waals surface area contributed by atoms with Crippen molar-refractivity contribution in [3.8, 4) is 11.4 Å². The van der Waals surface area contributed by atoms with E-state index in [1.165, 1.54) is 28.2 Å². The van der Waals surface area contributed by atoms with Gasteiger partial charge in [0.25, 0.3) is 11.8 Å². The Bertz CT molecular complexity index is 2830. The summed E-state index contributed by atoms with van der Waals surface area (Å²) in [5.74, 6) is -1.08. The minimum Gasteiger partial charge on any atom is -0.451 e. The molecule has 8 rings (SSSR count). The molecular weight excluding hydrogens is 806 g/mol. The summed E-state index contributed by atoms with van der Waals surface area (Å²) >= 11 is 27.3. The lowest BCUT2D eigenvalue weighted by molar-refractivity contribution is 0.0947. The van der Waals surface area contributed by atoms with Crippen LogP contribution in [0.3, 0.4) is 0 Å². The Morgan fingerprint density at radius 2 is 1.29 bits per heavy atom. The van der Waals surface area contributed by atoms with Crippen LogP contribution in [0.25, 0.3) is 54.1 Å². The number of nitrogens with one attached hydrogen (secondary N) is 2. The minimum atomic E-state index is -4.52. The Balaban J connectivity index is 1.01. The first kappa shape index (κ1) is 34.0. The Kier molecular flexibility index (Phi) is 8.54. The summed E-state index contributed by atoms with van der Waals surface area (Å²) in [5.41, 5.74) is 2.82. The lowest BCUT2D eigenvalue weighted by atomic mass is 10.3. The summed E-state index contributed by atoms with van der Waals surface area (Å²) in [6.07, 6.45) is 0.329. The van der Waals surface area contributed by atoms with Crippen LogP contribution in [0.4, 0.5) is 0 Å².